The molecule has 0 bridgehead atoms. The van der Waals surface area contributed by atoms with Gasteiger partial charge in [0.05, 0.1) is 12.8 Å². The second-order valence-electron chi connectivity index (χ2n) is 8.70. The van der Waals surface area contributed by atoms with Gasteiger partial charge in [-0.25, -0.2) is 9.50 Å². The molecule has 4 heterocycles. The third-order valence-corrected chi connectivity index (χ3v) is 7.75. The van der Waals surface area contributed by atoms with E-state index in [0.717, 1.165) is 49.7 Å². The molecule has 29 heavy (non-hydrogen) atoms. The lowest BCUT2D eigenvalue weighted by atomic mass is 9.83. The number of pyridine rings is 1. The van der Waals surface area contributed by atoms with E-state index in [9.17, 15) is 0 Å². The van der Waals surface area contributed by atoms with Crippen molar-refractivity contribution in [1.82, 2.24) is 24.5 Å². The van der Waals surface area contributed by atoms with E-state index in [4.69, 9.17) is 9.84 Å². The van der Waals surface area contributed by atoms with E-state index in [0.29, 0.717) is 0 Å². The van der Waals surface area contributed by atoms with E-state index in [2.05, 4.69) is 47.0 Å². The molecule has 1 aliphatic heterocycles. The number of rotatable bonds is 8. The van der Waals surface area contributed by atoms with Crippen LogP contribution < -0.4 is 0 Å². The largest absolute Gasteiger partial charge is 0.381 e. The number of nitrogens with zero attached hydrogens (tertiary/aromatic N) is 5. The lowest BCUT2D eigenvalue weighted by Gasteiger charge is -2.33. The van der Waals surface area contributed by atoms with Crippen molar-refractivity contribution in [2.75, 3.05) is 26.3 Å². The molecule has 154 valence electrons. The monoisotopic (exact) mass is 411 g/mol. The van der Waals surface area contributed by atoms with Crippen LogP contribution in [0, 0.1) is 12.3 Å². The summed E-state index contributed by atoms with van der Waals surface area (Å²) in [5.41, 5.74) is 2.89. The van der Waals surface area contributed by atoms with E-state index >= 15 is 0 Å². The SMILES string of the molecule is CCOC[C@]1(CCc2nn3cncc3s2)CCN(C2(c3ccc(C)nc3)CC2)C1. The maximum absolute atomic E-state index is 5.98. The fourth-order valence-corrected chi connectivity index (χ4v) is 5.69. The molecular formula is C22H29N5OS. The van der Waals surface area contributed by atoms with Gasteiger partial charge in [-0.2, -0.15) is 5.10 Å². The molecule has 1 saturated carbocycles. The Hall–Kier alpha value is -1.83. The lowest BCUT2D eigenvalue weighted by molar-refractivity contribution is 0.0443. The number of likely N-dealkylation sites (tertiary alicyclic amines) is 1. The number of ether oxygens (including phenoxy) is 1. The quantitative estimate of drug-likeness (QED) is 0.564. The van der Waals surface area contributed by atoms with Gasteiger partial charge in [0.1, 0.15) is 16.2 Å². The molecule has 0 aromatic carbocycles. The van der Waals surface area contributed by atoms with Crippen molar-refractivity contribution < 1.29 is 4.74 Å². The molecule has 1 atom stereocenters. The third-order valence-electron chi connectivity index (χ3n) is 6.73. The van der Waals surface area contributed by atoms with Crippen LogP contribution in [0.5, 0.6) is 0 Å². The van der Waals surface area contributed by atoms with Crippen molar-refractivity contribution in [3.05, 3.63) is 47.1 Å². The highest BCUT2D eigenvalue weighted by atomic mass is 32.1. The van der Waals surface area contributed by atoms with Crippen LogP contribution in [0.25, 0.3) is 4.83 Å². The number of imidazole rings is 1. The first kappa shape index (κ1) is 19.2. The minimum absolute atomic E-state index is 0.207. The summed E-state index contributed by atoms with van der Waals surface area (Å²) < 4.78 is 7.87. The van der Waals surface area contributed by atoms with Gasteiger partial charge in [0.25, 0.3) is 0 Å². The Morgan fingerprint density at radius 2 is 2.10 bits per heavy atom. The molecule has 3 aromatic heterocycles. The summed E-state index contributed by atoms with van der Waals surface area (Å²) in [6.45, 7) is 8.02. The third kappa shape index (κ3) is 3.60. The van der Waals surface area contributed by atoms with Gasteiger partial charge in [-0.05, 0) is 57.7 Å². The van der Waals surface area contributed by atoms with Crippen LogP contribution in [-0.4, -0.2) is 50.8 Å². The molecule has 0 unspecified atom stereocenters. The Bertz CT molecular complexity index is 948. The second kappa shape index (κ2) is 7.45. The highest BCUT2D eigenvalue weighted by molar-refractivity contribution is 7.17. The maximum atomic E-state index is 5.98. The zero-order chi connectivity index (χ0) is 19.9. The number of fused-ring (bicyclic) bond motifs is 1. The number of aryl methyl sites for hydroxylation is 2. The van der Waals surface area contributed by atoms with Crippen LogP contribution >= 0.6 is 11.3 Å². The maximum Gasteiger partial charge on any atom is 0.139 e. The predicted molar refractivity (Wildman–Crippen MR) is 114 cm³/mol. The topological polar surface area (TPSA) is 55.6 Å². The Labute approximate surface area is 175 Å². The van der Waals surface area contributed by atoms with Gasteiger partial charge in [-0.1, -0.05) is 17.4 Å². The van der Waals surface area contributed by atoms with E-state index in [-0.39, 0.29) is 11.0 Å². The Morgan fingerprint density at radius 3 is 2.83 bits per heavy atom. The zero-order valence-corrected chi connectivity index (χ0v) is 18.1. The molecule has 0 amide bonds. The van der Waals surface area contributed by atoms with Crippen molar-refractivity contribution in [3.8, 4) is 0 Å². The molecule has 2 fully saturated rings. The van der Waals surface area contributed by atoms with Crippen LogP contribution in [-0.2, 0) is 16.7 Å². The van der Waals surface area contributed by atoms with Gasteiger partial charge >= 0.3 is 0 Å². The van der Waals surface area contributed by atoms with E-state index in [1.807, 2.05) is 10.7 Å². The van der Waals surface area contributed by atoms with E-state index in [1.165, 1.54) is 29.8 Å². The summed E-state index contributed by atoms with van der Waals surface area (Å²) in [6.07, 6.45) is 11.6. The van der Waals surface area contributed by atoms with Crippen molar-refractivity contribution in [2.45, 2.75) is 51.5 Å². The minimum Gasteiger partial charge on any atom is -0.381 e. The highest BCUT2D eigenvalue weighted by Crippen LogP contribution is 2.54. The van der Waals surface area contributed by atoms with Gasteiger partial charge in [0.2, 0.25) is 0 Å². The molecule has 1 saturated heterocycles. The van der Waals surface area contributed by atoms with Crippen molar-refractivity contribution >= 4 is 16.2 Å². The van der Waals surface area contributed by atoms with E-state index in [1.54, 1.807) is 17.7 Å². The highest BCUT2D eigenvalue weighted by Gasteiger charge is 2.54. The zero-order valence-electron chi connectivity index (χ0n) is 17.3. The second-order valence-corrected chi connectivity index (χ2v) is 9.79. The standard InChI is InChI=1S/C22H29N5OS/c1-3-28-15-21(7-6-19-25-27-16-23-13-20(27)29-19)10-11-26(14-21)22(8-9-22)18-5-4-17(2)24-12-18/h4-5,12-13,16H,3,6-11,14-15H2,1-2H3/t21-/m1/s1. The lowest BCUT2D eigenvalue weighted by Crippen LogP contribution is -2.38. The summed E-state index contributed by atoms with van der Waals surface area (Å²) in [7, 11) is 0. The predicted octanol–water partition coefficient (Wildman–Crippen LogP) is 3.84. The Balaban J connectivity index is 1.32. The molecule has 6 nitrogen and oxygen atoms in total. The smallest absolute Gasteiger partial charge is 0.139 e. The Kier molecular flexibility index (Phi) is 4.92. The molecule has 3 aromatic rings. The summed E-state index contributed by atoms with van der Waals surface area (Å²) in [5, 5.41) is 5.89. The van der Waals surface area contributed by atoms with Crippen molar-refractivity contribution in [2.24, 2.45) is 5.41 Å². The first-order valence-corrected chi connectivity index (χ1v) is 11.5. The molecule has 1 aliphatic carbocycles. The van der Waals surface area contributed by atoms with Gasteiger partial charge in [-0.15, -0.1) is 0 Å². The number of aromatic nitrogens is 4. The summed E-state index contributed by atoms with van der Waals surface area (Å²) >= 11 is 1.75. The summed E-state index contributed by atoms with van der Waals surface area (Å²) in [5.74, 6) is 0. The molecule has 0 spiro atoms. The van der Waals surface area contributed by atoms with Crippen LogP contribution in [0.15, 0.2) is 30.9 Å². The van der Waals surface area contributed by atoms with Crippen LogP contribution in [0.2, 0.25) is 0 Å². The van der Waals surface area contributed by atoms with Gasteiger partial charge in [0.15, 0.2) is 0 Å². The summed E-state index contributed by atoms with van der Waals surface area (Å²) in [6, 6.07) is 4.43. The average molecular weight is 412 g/mol. The first-order valence-electron chi connectivity index (χ1n) is 10.7. The fourth-order valence-electron chi connectivity index (χ4n) is 4.82. The average Bonchev–Trinajstić information content (AvgIpc) is 3.05. The van der Waals surface area contributed by atoms with E-state index < -0.39 is 0 Å². The Morgan fingerprint density at radius 1 is 1.21 bits per heavy atom. The van der Waals surface area contributed by atoms with Crippen LogP contribution in [0.4, 0.5) is 0 Å². The number of hydrogen-bond acceptors (Lipinski definition) is 6. The molecule has 0 radical (unpaired) electrons. The van der Waals surface area contributed by atoms with Crippen molar-refractivity contribution in [1.29, 1.82) is 0 Å². The van der Waals surface area contributed by atoms with Gasteiger partial charge in [-0.3, -0.25) is 9.88 Å². The molecular weight excluding hydrogens is 382 g/mol. The van der Waals surface area contributed by atoms with Gasteiger partial charge in [0, 0.05) is 42.4 Å². The number of hydrogen-bond donors (Lipinski definition) is 0. The molecule has 0 N–H and O–H groups in total. The molecule has 2 aliphatic rings. The molecule has 7 heteroatoms. The fraction of sp³-hybridized carbons (Fsp3) is 0.591. The normalized spacial score (nSPS) is 23.8. The first-order chi connectivity index (χ1) is 14.1. The van der Waals surface area contributed by atoms with Crippen LogP contribution in [0.3, 0.4) is 0 Å². The minimum atomic E-state index is 0.207. The van der Waals surface area contributed by atoms with Crippen LogP contribution in [0.1, 0.15) is 48.9 Å². The van der Waals surface area contributed by atoms with Gasteiger partial charge < -0.3 is 4.74 Å². The molecule has 5 rings (SSSR count). The summed E-state index contributed by atoms with van der Waals surface area (Å²) in [4.78, 5) is 12.6. The van der Waals surface area contributed by atoms with Crippen molar-refractivity contribution in [3.63, 3.8) is 0 Å².